The Morgan fingerprint density at radius 2 is 1.60 bits per heavy atom. The first-order valence-corrected chi connectivity index (χ1v) is 12.5. The van der Waals surface area contributed by atoms with Crippen LogP contribution in [0.1, 0.15) is 49.1 Å². The fourth-order valence-corrected chi connectivity index (χ4v) is 5.46. The van der Waals surface area contributed by atoms with Gasteiger partial charge >= 0.3 is 6.03 Å². The van der Waals surface area contributed by atoms with Crippen LogP contribution >= 0.6 is 0 Å². The van der Waals surface area contributed by atoms with Crippen LogP contribution in [0.25, 0.3) is 11.8 Å². The normalized spacial score (nSPS) is 21.1. The summed E-state index contributed by atoms with van der Waals surface area (Å²) in [5.41, 5.74) is 4.90. The molecule has 35 heavy (non-hydrogen) atoms. The summed E-state index contributed by atoms with van der Waals surface area (Å²) in [5, 5.41) is 2.38. The Labute approximate surface area is 205 Å². The van der Waals surface area contributed by atoms with Crippen molar-refractivity contribution in [1.82, 2.24) is 14.8 Å². The molecule has 184 valence electrons. The third kappa shape index (κ3) is 4.50. The minimum Gasteiger partial charge on any atom is -0.378 e. The second-order valence-corrected chi connectivity index (χ2v) is 9.56. The molecule has 0 atom stereocenters. The number of anilines is 1. The van der Waals surface area contributed by atoms with Crippen LogP contribution in [0.4, 0.5) is 10.5 Å². The molecule has 8 heteroatoms. The third-order valence-electron chi connectivity index (χ3n) is 7.33. The summed E-state index contributed by atoms with van der Waals surface area (Å²) < 4.78 is 7.56. The van der Waals surface area contributed by atoms with Crippen molar-refractivity contribution in [2.24, 2.45) is 0 Å². The number of morpholine rings is 1. The van der Waals surface area contributed by atoms with E-state index in [1.54, 1.807) is 6.08 Å². The van der Waals surface area contributed by atoms with E-state index in [2.05, 4.69) is 39.0 Å². The molecule has 4 amide bonds. The van der Waals surface area contributed by atoms with Crippen molar-refractivity contribution in [3.8, 4) is 5.69 Å². The molecule has 1 aromatic carbocycles. The highest BCUT2D eigenvalue weighted by atomic mass is 16.5. The lowest BCUT2D eigenvalue weighted by molar-refractivity contribution is -0.132. The van der Waals surface area contributed by atoms with Crippen molar-refractivity contribution in [2.75, 3.05) is 31.2 Å². The van der Waals surface area contributed by atoms with Gasteiger partial charge in [-0.2, -0.15) is 0 Å². The Balaban J connectivity index is 1.43. The van der Waals surface area contributed by atoms with Crippen molar-refractivity contribution in [3.05, 3.63) is 52.9 Å². The molecule has 0 bridgehead atoms. The van der Waals surface area contributed by atoms with Gasteiger partial charge in [-0.25, -0.2) is 4.79 Å². The summed E-state index contributed by atoms with van der Waals surface area (Å²) in [4.78, 5) is 42.0. The Bertz CT molecular complexity index is 1170. The zero-order valence-electron chi connectivity index (χ0n) is 20.4. The van der Waals surface area contributed by atoms with Crippen molar-refractivity contribution >= 4 is 29.6 Å². The number of nitrogens with one attached hydrogen (secondary N) is 1. The highest BCUT2D eigenvalue weighted by molar-refractivity contribution is 6.31. The zero-order chi connectivity index (χ0) is 24.5. The monoisotopic (exact) mass is 476 g/mol. The number of amides is 4. The van der Waals surface area contributed by atoms with Gasteiger partial charge in [-0.05, 0) is 68.7 Å². The maximum absolute atomic E-state index is 13.3. The number of carbonyl (C=O) groups is 3. The van der Waals surface area contributed by atoms with Crippen molar-refractivity contribution in [2.45, 2.75) is 52.0 Å². The lowest BCUT2D eigenvalue weighted by Crippen LogP contribution is -2.58. The first-order chi connectivity index (χ1) is 16.9. The fourth-order valence-electron chi connectivity index (χ4n) is 5.46. The van der Waals surface area contributed by atoms with E-state index in [0.717, 1.165) is 81.0 Å². The van der Waals surface area contributed by atoms with Gasteiger partial charge in [0.25, 0.3) is 11.8 Å². The van der Waals surface area contributed by atoms with Gasteiger partial charge in [0.05, 0.1) is 13.2 Å². The maximum atomic E-state index is 13.3. The predicted molar refractivity (Wildman–Crippen MR) is 134 cm³/mol. The Hall–Kier alpha value is -3.39. The standard InChI is InChI=1S/C27H32N4O4/c1-18-16-20(17-24-25(32)28-27(34)31(26(24)33)22-6-4-3-5-7-22)19(2)30(18)23-10-8-21(9-11-23)29-12-14-35-15-13-29/h8-11,16-17,22H,3-7,12-15H2,1-2H3,(H,28,32,34)/b24-17+. The zero-order valence-corrected chi connectivity index (χ0v) is 20.4. The summed E-state index contributed by atoms with van der Waals surface area (Å²) >= 11 is 0. The molecule has 2 aliphatic heterocycles. The van der Waals surface area contributed by atoms with Gasteiger partial charge in [-0.3, -0.25) is 19.8 Å². The first kappa shape index (κ1) is 23.4. The van der Waals surface area contributed by atoms with Crippen LogP contribution in [0, 0.1) is 13.8 Å². The van der Waals surface area contributed by atoms with Gasteiger partial charge in [0, 0.05) is 41.9 Å². The molecule has 1 saturated carbocycles. The molecule has 5 rings (SSSR count). The van der Waals surface area contributed by atoms with Gasteiger partial charge in [0.1, 0.15) is 5.57 Å². The average molecular weight is 477 g/mol. The van der Waals surface area contributed by atoms with Crippen LogP contribution in [-0.2, 0) is 14.3 Å². The average Bonchev–Trinajstić information content (AvgIpc) is 3.15. The molecule has 3 aliphatic rings. The number of urea groups is 1. The number of hydrogen-bond acceptors (Lipinski definition) is 5. The number of ether oxygens (including phenoxy) is 1. The molecule has 3 fully saturated rings. The summed E-state index contributed by atoms with van der Waals surface area (Å²) in [6, 6.07) is 9.63. The molecule has 1 aromatic heterocycles. The van der Waals surface area contributed by atoms with Crippen LogP contribution in [0.5, 0.6) is 0 Å². The third-order valence-corrected chi connectivity index (χ3v) is 7.33. The summed E-state index contributed by atoms with van der Waals surface area (Å²) in [7, 11) is 0. The smallest absolute Gasteiger partial charge is 0.331 e. The fraction of sp³-hybridized carbons (Fsp3) is 0.444. The molecule has 1 N–H and O–H groups in total. The van der Waals surface area contributed by atoms with Gasteiger partial charge in [-0.1, -0.05) is 19.3 Å². The Morgan fingerprint density at radius 3 is 2.29 bits per heavy atom. The molecule has 0 unspecified atom stereocenters. The van der Waals surface area contributed by atoms with Gasteiger partial charge in [0.2, 0.25) is 0 Å². The minimum atomic E-state index is -0.633. The summed E-state index contributed by atoms with van der Waals surface area (Å²) in [6.45, 7) is 7.23. The first-order valence-electron chi connectivity index (χ1n) is 12.5. The molecule has 0 spiro atoms. The molecule has 1 aliphatic carbocycles. The minimum absolute atomic E-state index is 0.0121. The number of aromatic nitrogens is 1. The summed E-state index contributed by atoms with van der Waals surface area (Å²) in [5.74, 6) is -1.13. The number of barbiturate groups is 1. The van der Waals surface area contributed by atoms with E-state index >= 15 is 0 Å². The van der Waals surface area contributed by atoms with E-state index in [-0.39, 0.29) is 11.6 Å². The van der Waals surface area contributed by atoms with Gasteiger partial charge in [0.15, 0.2) is 0 Å². The maximum Gasteiger partial charge on any atom is 0.331 e. The van der Waals surface area contributed by atoms with E-state index in [9.17, 15) is 14.4 Å². The van der Waals surface area contributed by atoms with E-state index in [0.29, 0.717) is 0 Å². The Kier molecular flexibility index (Phi) is 6.47. The summed E-state index contributed by atoms with van der Waals surface area (Å²) in [6.07, 6.45) is 6.29. The Morgan fingerprint density at radius 1 is 0.943 bits per heavy atom. The quantitative estimate of drug-likeness (QED) is 0.537. The van der Waals surface area contributed by atoms with Crippen molar-refractivity contribution < 1.29 is 19.1 Å². The second kappa shape index (κ2) is 9.70. The molecule has 2 saturated heterocycles. The molecular weight excluding hydrogens is 444 g/mol. The van der Waals surface area contributed by atoms with Gasteiger partial charge in [-0.15, -0.1) is 0 Å². The SMILES string of the molecule is Cc1cc(/C=C2\C(=O)NC(=O)N(C3CCCCC3)C2=O)c(C)n1-c1ccc(N2CCOCC2)cc1. The lowest BCUT2D eigenvalue weighted by atomic mass is 9.93. The number of aryl methyl sites for hydroxylation is 1. The lowest BCUT2D eigenvalue weighted by Gasteiger charge is -2.35. The van der Waals surface area contributed by atoms with E-state index in [4.69, 9.17) is 4.74 Å². The van der Waals surface area contributed by atoms with E-state index in [1.807, 2.05) is 19.9 Å². The van der Waals surface area contributed by atoms with Crippen LogP contribution in [0.2, 0.25) is 0 Å². The van der Waals surface area contributed by atoms with Crippen LogP contribution in [-0.4, -0.2) is 59.7 Å². The number of carbonyl (C=O) groups excluding carboxylic acids is 3. The number of nitrogens with zero attached hydrogens (tertiary/aromatic N) is 3. The van der Waals surface area contributed by atoms with Crippen LogP contribution in [0.15, 0.2) is 35.9 Å². The van der Waals surface area contributed by atoms with Crippen molar-refractivity contribution in [3.63, 3.8) is 0 Å². The molecular formula is C27H32N4O4. The number of rotatable bonds is 4. The molecule has 8 nitrogen and oxygen atoms in total. The topological polar surface area (TPSA) is 83.9 Å². The van der Waals surface area contributed by atoms with E-state index in [1.165, 1.54) is 10.6 Å². The molecule has 3 heterocycles. The van der Waals surface area contributed by atoms with Crippen molar-refractivity contribution in [1.29, 1.82) is 0 Å². The highest BCUT2D eigenvalue weighted by Crippen LogP contribution is 2.29. The second-order valence-electron chi connectivity index (χ2n) is 9.56. The van der Waals surface area contributed by atoms with E-state index < -0.39 is 17.8 Å². The number of benzene rings is 1. The number of hydrogen-bond donors (Lipinski definition) is 1. The molecule has 2 aromatic rings. The largest absolute Gasteiger partial charge is 0.378 e. The molecule has 0 radical (unpaired) electrons. The van der Waals surface area contributed by atoms with Crippen LogP contribution < -0.4 is 10.2 Å². The van der Waals surface area contributed by atoms with Gasteiger partial charge < -0.3 is 14.2 Å². The number of imide groups is 2. The highest BCUT2D eigenvalue weighted by Gasteiger charge is 2.40. The predicted octanol–water partition coefficient (Wildman–Crippen LogP) is 3.73. The van der Waals surface area contributed by atoms with Crippen LogP contribution in [0.3, 0.4) is 0 Å².